The maximum Gasteiger partial charge on any atom is 0.182 e. The van der Waals surface area contributed by atoms with Gasteiger partial charge in [-0.25, -0.2) is 19.2 Å². The third-order valence-corrected chi connectivity index (χ3v) is 7.13. The van der Waals surface area contributed by atoms with E-state index in [1.54, 1.807) is 21.6 Å². The first kappa shape index (κ1) is 19.6. The number of anilines is 1. The normalized spacial score (nSPS) is 23.0. The van der Waals surface area contributed by atoms with Crippen molar-refractivity contribution in [1.29, 1.82) is 0 Å². The van der Waals surface area contributed by atoms with Crippen LogP contribution >= 0.6 is 0 Å². The van der Waals surface area contributed by atoms with Gasteiger partial charge in [0.1, 0.15) is 11.2 Å². The molecule has 2 fully saturated rings. The van der Waals surface area contributed by atoms with Crippen LogP contribution < -0.4 is 10.6 Å². The molecule has 10 heteroatoms. The van der Waals surface area contributed by atoms with Gasteiger partial charge in [-0.2, -0.15) is 10.2 Å². The topological polar surface area (TPSA) is 120 Å². The van der Waals surface area contributed by atoms with E-state index in [0.717, 1.165) is 43.0 Å². The van der Waals surface area contributed by atoms with Gasteiger partial charge in [0.2, 0.25) is 0 Å². The Morgan fingerprint density at radius 1 is 1.19 bits per heavy atom. The standard InChI is InChI=1S/C22H26N8O2/c1-14-19(23)22(13-32-14)5-8-28(9-6-22)20-18(12-31)27-21-17(26-20)10-25-30(21)16-3-2-15-4-7-24-29(15)11-16/h2-4,7,10-11,14,19,31H,5-6,8-9,12-13,23H2,1H3/t14-,19+/m0/s1. The van der Waals surface area contributed by atoms with E-state index in [2.05, 4.69) is 22.0 Å². The molecule has 10 nitrogen and oxygen atoms in total. The van der Waals surface area contributed by atoms with E-state index in [4.69, 9.17) is 20.4 Å². The first-order valence-electron chi connectivity index (χ1n) is 11.0. The van der Waals surface area contributed by atoms with Crippen molar-refractivity contribution in [3.05, 3.63) is 42.5 Å². The van der Waals surface area contributed by atoms with E-state index in [1.807, 2.05) is 24.4 Å². The number of nitrogens with two attached hydrogens (primary N) is 1. The second kappa shape index (κ2) is 7.22. The zero-order chi connectivity index (χ0) is 21.9. The number of rotatable bonds is 3. The highest BCUT2D eigenvalue weighted by atomic mass is 16.5. The molecule has 6 heterocycles. The third kappa shape index (κ3) is 2.90. The van der Waals surface area contributed by atoms with Crippen LogP contribution in [0.15, 0.2) is 36.8 Å². The molecule has 6 rings (SSSR count). The molecule has 0 bridgehead atoms. The highest BCUT2D eigenvalue weighted by Crippen LogP contribution is 2.42. The first-order valence-corrected chi connectivity index (χ1v) is 11.0. The van der Waals surface area contributed by atoms with Gasteiger partial charge in [-0.15, -0.1) is 0 Å². The summed E-state index contributed by atoms with van der Waals surface area (Å²) in [5.41, 5.74) is 10.2. The molecule has 4 aromatic rings. The van der Waals surface area contributed by atoms with Gasteiger partial charge >= 0.3 is 0 Å². The van der Waals surface area contributed by atoms with Gasteiger partial charge in [0.15, 0.2) is 11.5 Å². The summed E-state index contributed by atoms with van der Waals surface area (Å²) in [6.45, 7) is 4.19. The summed E-state index contributed by atoms with van der Waals surface area (Å²) < 4.78 is 9.36. The van der Waals surface area contributed by atoms with Crippen molar-refractivity contribution >= 4 is 22.5 Å². The van der Waals surface area contributed by atoms with Gasteiger partial charge in [-0.1, -0.05) is 0 Å². The number of aliphatic hydroxyl groups is 1. The van der Waals surface area contributed by atoms with Crippen molar-refractivity contribution < 1.29 is 9.84 Å². The van der Waals surface area contributed by atoms with Crippen LogP contribution in [0.3, 0.4) is 0 Å². The van der Waals surface area contributed by atoms with Crippen molar-refractivity contribution in [3.63, 3.8) is 0 Å². The maximum absolute atomic E-state index is 10.1. The SMILES string of the molecule is C[C@@H]1OCC2(CCN(c3nc4cnn(-c5ccc6ccnn6c5)c4nc3CO)CC2)[C@@H]1N. The van der Waals surface area contributed by atoms with Crippen LogP contribution in [0.2, 0.25) is 0 Å². The van der Waals surface area contributed by atoms with Crippen LogP contribution in [-0.4, -0.2) is 66.3 Å². The largest absolute Gasteiger partial charge is 0.390 e. The fraction of sp³-hybridized carbons (Fsp3) is 0.455. The van der Waals surface area contributed by atoms with Gasteiger partial charge in [0, 0.05) is 30.7 Å². The van der Waals surface area contributed by atoms with Crippen molar-refractivity contribution in [2.75, 3.05) is 24.6 Å². The number of nitrogens with zero attached hydrogens (tertiary/aromatic N) is 7. The number of piperidine rings is 1. The summed E-state index contributed by atoms with van der Waals surface area (Å²) in [4.78, 5) is 11.8. The van der Waals surface area contributed by atoms with Crippen molar-refractivity contribution in [2.24, 2.45) is 11.1 Å². The van der Waals surface area contributed by atoms with Gasteiger partial charge in [-0.05, 0) is 38.0 Å². The zero-order valence-electron chi connectivity index (χ0n) is 17.9. The first-order chi connectivity index (χ1) is 15.6. The molecule has 0 radical (unpaired) electrons. The van der Waals surface area contributed by atoms with E-state index in [1.165, 1.54) is 0 Å². The summed E-state index contributed by atoms with van der Waals surface area (Å²) in [5.74, 6) is 0.720. The fourth-order valence-corrected chi connectivity index (χ4v) is 5.09. The van der Waals surface area contributed by atoms with Gasteiger partial charge in [0.05, 0.1) is 42.9 Å². The second-order valence-corrected chi connectivity index (χ2v) is 8.90. The molecule has 166 valence electrons. The highest BCUT2D eigenvalue weighted by molar-refractivity contribution is 5.74. The lowest BCUT2D eigenvalue weighted by Gasteiger charge is -2.41. The smallest absolute Gasteiger partial charge is 0.182 e. The molecule has 3 N–H and O–H groups in total. The number of ether oxygens (including phenoxy) is 1. The quantitative estimate of drug-likeness (QED) is 0.495. The van der Waals surface area contributed by atoms with Gasteiger partial charge in [-0.3, -0.25) is 0 Å². The molecule has 2 aliphatic heterocycles. The monoisotopic (exact) mass is 434 g/mol. The molecule has 2 saturated heterocycles. The summed E-state index contributed by atoms with van der Waals surface area (Å²) >= 11 is 0. The lowest BCUT2D eigenvalue weighted by atomic mass is 9.73. The molecule has 0 amide bonds. The molecular weight excluding hydrogens is 408 g/mol. The molecule has 0 aliphatic carbocycles. The lowest BCUT2D eigenvalue weighted by molar-refractivity contribution is 0.0973. The maximum atomic E-state index is 10.1. The minimum absolute atomic E-state index is 0.0306. The van der Waals surface area contributed by atoms with Crippen molar-refractivity contribution in [2.45, 2.75) is 38.5 Å². The van der Waals surface area contributed by atoms with Crippen LogP contribution in [0.4, 0.5) is 5.82 Å². The Bertz CT molecular complexity index is 1290. The molecule has 2 atom stereocenters. The summed E-state index contributed by atoms with van der Waals surface area (Å²) in [6, 6.07) is 5.94. The number of hydrogen-bond acceptors (Lipinski definition) is 8. The van der Waals surface area contributed by atoms with E-state index in [0.29, 0.717) is 23.5 Å². The van der Waals surface area contributed by atoms with Crippen molar-refractivity contribution in [1.82, 2.24) is 29.4 Å². The molecule has 32 heavy (non-hydrogen) atoms. The number of fused-ring (bicyclic) bond motifs is 2. The minimum atomic E-state index is -0.192. The molecule has 0 saturated carbocycles. The van der Waals surface area contributed by atoms with Crippen LogP contribution in [0, 0.1) is 5.41 Å². The van der Waals surface area contributed by atoms with E-state index >= 15 is 0 Å². The van der Waals surface area contributed by atoms with Crippen LogP contribution in [0.25, 0.3) is 22.4 Å². The summed E-state index contributed by atoms with van der Waals surface area (Å²) in [5, 5.41) is 18.9. The average Bonchev–Trinajstić information content (AvgIpc) is 3.53. The van der Waals surface area contributed by atoms with Gasteiger partial charge < -0.3 is 20.5 Å². The molecule has 0 unspecified atom stereocenters. The second-order valence-electron chi connectivity index (χ2n) is 8.90. The molecular formula is C22H26N8O2. The predicted octanol–water partition coefficient (Wildman–Crippen LogP) is 1.29. The van der Waals surface area contributed by atoms with E-state index in [9.17, 15) is 5.11 Å². The zero-order valence-corrected chi connectivity index (χ0v) is 17.9. The predicted molar refractivity (Wildman–Crippen MR) is 119 cm³/mol. The third-order valence-electron chi connectivity index (χ3n) is 7.13. The van der Waals surface area contributed by atoms with Gasteiger partial charge in [0.25, 0.3) is 0 Å². The van der Waals surface area contributed by atoms with Crippen LogP contribution in [0.5, 0.6) is 0 Å². The summed E-state index contributed by atoms with van der Waals surface area (Å²) in [6.07, 6.45) is 7.34. The summed E-state index contributed by atoms with van der Waals surface area (Å²) in [7, 11) is 0. The lowest BCUT2D eigenvalue weighted by Crippen LogP contribution is -2.51. The van der Waals surface area contributed by atoms with E-state index in [-0.39, 0.29) is 24.2 Å². The van der Waals surface area contributed by atoms with E-state index < -0.39 is 0 Å². The number of aliphatic hydroxyl groups excluding tert-OH is 1. The van der Waals surface area contributed by atoms with Crippen LogP contribution in [-0.2, 0) is 11.3 Å². The highest BCUT2D eigenvalue weighted by Gasteiger charge is 2.47. The Morgan fingerprint density at radius 2 is 2.03 bits per heavy atom. The average molecular weight is 435 g/mol. The molecule has 1 spiro atoms. The number of pyridine rings is 1. The number of aromatic nitrogens is 6. The molecule has 2 aliphatic rings. The fourth-order valence-electron chi connectivity index (χ4n) is 5.09. The van der Waals surface area contributed by atoms with Crippen molar-refractivity contribution in [3.8, 4) is 5.69 Å². The minimum Gasteiger partial charge on any atom is -0.390 e. The molecule has 4 aromatic heterocycles. The van der Waals surface area contributed by atoms with Crippen LogP contribution in [0.1, 0.15) is 25.5 Å². The Kier molecular flexibility index (Phi) is 4.42. The Morgan fingerprint density at radius 3 is 2.78 bits per heavy atom. The molecule has 0 aromatic carbocycles. The Hall–Kier alpha value is -3.08. The number of hydrogen-bond donors (Lipinski definition) is 2. The Labute approximate surface area is 184 Å². The Balaban J connectivity index is 1.33.